The Labute approximate surface area is 96.6 Å². The van der Waals surface area contributed by atoms with Crippen LogP contribution in [0.3, 0.4) is 0 Å². The molecule has 0 unspecified atom stereocenters. The Morgan fingerprint density at radius 1 is 1.38 bits per heavy atom. The van der Waals surface area contributed by atoms with Gasteiger partial charge in [0.15, 0.2) is 0 Å². The molecule has 1 heterocycles. The van der Waals surface area contributed by atoms with Crippen molar-refractivity contribution in [3.05, 3.63) is 0 Å². The number of sulfonamides is 1. The van der Waals surface area contributed by atoms with Crippen LogP contribution in [0.1, 0.15) is 12.8 Å². The van der Waals surface area contributed by atoms with Gasteiger partial charge in [0, 0.05) is 33.2 Å². The lowest BCUT2D eigenvalue weighted by molar-refractivity contribution is 0.165. The summed E-state index contributed by atoms with van der Waals surface area (Å²) in [7, 11) is 0.237. The number of rotatable bonds is 2. The van der Waals surface area contributed by atoms with Crippen LogP contribution in [0.25, 0.3) is 0 Å². The fourth-order valence-corrected chi connectivity index (χ4v) is 2.78. The Bertz CT molecular complexity index is 347. The third-order valence-corrected chi connectivity index (χ3v) is 4.28. The zero-order valence-corrected chi connectivity index (χ0v) is 10.7. The van der Waals surface area contributed by atoms with Crippen molar-refractivity contribution in [1.82, 2.24) is 14.5 Å². The molecule has 94 valence electrons. The first kappa shape index (κ1) is 13.2. The molecule has 1 saturated heterocycles. The fourth-order valence-electron chi connectivity index (χ4n) is 1.90. The topological polar surface area (TPSA) is 69.7 Å². The molecule has 1 aliphatic rings. The highest BCUT2D eigenvalue weighted by atomic mass is 32.2. The van der Waals surface area contributed by atoms with Gasteiger partial charge in [0.1, 0.15) is 0 Å². The number of hydrogen-bond acceptors (Lipinski definition) is 3. The summed E-state index contributed by atoms with van der Waals surface area (Å²) in [5.41, 5.74) is 0. The molecule has 0 aliphatic carbocycles. The number of carbonyl (C=O) groups excluding carboxylic acids is 1. The molecule has 0 spiro atoms. The lowest BCUT2D eigenvalue weighted by Crippen LogP contribution is -2.49. The van der Waals surface area contributed by atoms with Crippen molar-refractivity contribution in [3.63, 3.8) is 0 Å². The first-order valence-electron chi connectivity index (χ1n) is 5.26. The third-order valence-electron chi connectivity index (χ3n) is 2.97. The fraction of sp³-hybridized carbons (Fsp3) is 0.889. The molecule has 0 saturated carbocycles. The number of hydrogen-bond donors (Lipinski definition) is 1. The lowest BCUT2D eigenvalue weighted by Gasteiger charge is -2.35. The molecule has 1 N–H and O–H groups in total. The number of piperidine rings is 1. The SMILES string of the molecule is CNC(=O)N(C)C1CCN(S(C)(=O)=O)CC1. The van der Waals surface area contributed by atoms with Crippen LogP contribution in [0.2, 0.25) is 0 Å². The highest BCUT2D eigenvalue weighted by Crippen LogP contribution is 2.17. The molecule has 7 heteroatoms. The molecule has 1 fully saturated rings. The van der Waals surface area contributed by atoms with E-state index in [1.54, 1.807) is 19.0 Å². The largest absolute Gasteiger partial charge is 0.341 e. The number of amides is 2. The maximum absolute atomic E-state index is 11.4. The van der Waals surface area contributed by atoms with Crippen molar-refractivity contribution >= 4 is 16.1 Å². The molecule has 16 heavy (non-hydrogen) atoms. The summed E-state index contributed by atoms with van der Waals surface area (Å²) < 4.78 is 24.0. The number of urea groups is 1. The van der Waals surface area contributed by atoms with Crippen LogP contribution in [0, 0.1) is 0 Å². The Morgan fingerprint density at radius 3 is 2.25 bits per heavy atom. The van der Waals surface area contributed by atoms with E-state index in [4.69, 9.17) is 0 Å². The smallest absolute Gasteiger partial charge is 0.317 e. The molecule has 0 aromatic rings. The van der Waals surface area contributed by atoms with E-state index in [1.165, 1.54) is 10.6 Å². The van der Waals surface area contributed by atoms with E-state index in [-0.39, 0.29) is 12.1 Å². The van der Waals surface area contributed by atoms with E-state index in [0.29, 0.717) is 25.9 Å². The second-order valence-electron chi connectivity index (χ2n) is 4.06. The van der Waals surface area contributed by atoms with E-state index in [1.807, 2.05) is 0 Å². The zero-order valence-electron chi connectivity index (χ0n) is 9.93. The predicted octanol–water partition coefficient (Wildman–Crippen LogP) is -0.318. The van der Waals surface area contributed by atoms with Crippen molar-refractivity contribution < 1.29 is 13.2 Å². The van der Waals surface area contributed by atoms with Crippen LogP contribution < -0.4 is 5.32 Å². The van der Waals surface area contributed by atoms with Gasteiger partial charge in [-0.05, 0) is 12.8 Å². The summed E-state index contributed by atoms with van der Waals surface area (Å²) in [5, 5.41) is 2.56. The minimum atomic E-state index is -3.09. The lowest BCUT2D eigenvalue weighted by atomic mass is 10.1. The van der Waals surface area contributed by atoms with Gasteiger partial charge in [0.05, 0.1) is 6.26 Å². The van der Waals surface area contributed by atoms with Crippen LogP contribution in [-0.2, 0) is 10.0 Å². The minimum absolute atomic E-state index is 0.123. The average molecular weight is 249 g/mol. The highest BCUT2D eigenvalue weighted by molar-refractivity contribution is 7.88. The second kappa shape index (κ2) is 5.01. The first-order valence-corrected chi connectivity index (χ1v) is 7.10. The third kappa shape index (κ3) is 3.08. The van der Waals surface area contributed by atoms with Gasteiger partial charge in [-0.3, -0.25) is 0 Å². The number of carbonyl (C=O) groups is 1. The summed E-state index contributed by atoms with van der Waals surface area (Å²) in [6.45, 7) is 0.982. The molecular formula is C9H19N3O3S. The van der Waals surface area contributed by atoms with E-state index in [9.17, 15) is 13.2 Å². The van der Waals surface area contributed by atoms with Gasteiger partial charge in [-0.15, -0.1) is 0 Å². The maximum Gasteiger partial charge on any atom is 0.317 e. The normalized spacial score (nSPS) is 19.4. The molecule has 0 aromatic heterocycles. The van der Waals surface area contributed by atoms with Crippen molar-refractivity contribution in [2.24, 2.45) is 0 Å². The molecule has 2 amide bonds. The number of nitrogens with zero attached hydrogens (tertiary/aromatic N) is 2. The summed E-state index contributed by atoms with van der Waals surface area (Å²) in [6.07, 6.45) is 2.60. The monoisotopic (exact) mass is 249 g/mol. The summed E-state index contributed by atoms with van der Waals surface area (Å²) in [5.74, 6) is 0. The molecule has 1 rings (SSSR count). The van der Waals surface area contributed by atoms with Crippen LogP contribution >= 0.6 is 0 Å². The van der Waals surface area contributed by atoms with Gasteiger partial charge in [-0.1, -0.05) is 0 Å². The van der Waals surface area contributed by atoms with Gasteiger partial charge in [-0.25, -0.2) is 17.5 Å². The Morgan fingerprint density at radius 2 is 1.88 bits per heavy atom. The van der Waals surface area contributed by atoms with Gasteiger partial charge < -0.3 is 10.2 Å². The molecule has 0 bridgehead atoms. The molecule has 6 nitrogen and oxygen atoms in total. The second-order valence-corrected chi connectivity index (χ2v) is 6.04. The standard InChI is InChI=1S/C9H19N3O3S/c1-10-9(13)11(2)8-4-6-12(7-5-8)16(3,14)15/h8H,4-7H2,1-3H3,(H,10,13). The van der Waals surface area contributed by atoms with Crippen LogP contribution in [0.15, 0.2) is 0 Å². The van der Waals surface area contributed by atoms with E-state index in [0.717, 1.165) is 0 Å². The molecule has 0 radical (unpaired) electrons. The van der Waals surface area contributed by atoms with Crippen LogP contribution in [-0.4, -0.2) is 63.1 Å². The molecule has 0 aromatic carbocycles. The van der Waals surface area contributed by atoms with Crippen molar-refractivity contribution in [2.75, 3.05) is 33.4 Å². The highest BCUT2D eigenvalue weighted by Gasteiger charge is 2.28. The average Bonchev–Trinajstić information content (AvgIpc) is 2.26. The van der Waals surface area contributed by atoms with Crippen molar-refractivity contribution in [2.45, 2.75) is 18.9 Å². The van der Waals surface area contributed by atoms with Gasteiger partial charge in [-0.2, -0.15) is 0 Å². The molecular weight excluding hydrogens is 230 g/mol. The van der Waals surface area contributed by atoms with Crippen molar-refractivity contribution in [3.8, 4) is 0 Å². The summed E-state index contributed by atoms with van der Waals surface area (Å²) >= 11 is 0. The van der Waals surface area contributed by atoms with Crippen LogP contribution in [0.4, 0.5) is 4.79 Å². The number of nitrogens with one attached hydrogen (secondary N) is 1. The van der Waals surface area contributed by atoms with E-state index >= 15 is 0 Å². The van der Waals surface area contributed by atoms with E-state index in [2.05, 4.69) is 5.32 Å². The molecule has 1 aliphatic heterocycles. The van der Waals surface area contributed by atoms with E-state index < -0.39 is 10.0 Å². The Balaban J connectivity index is 2.52. The van der Waals surface area contributed by atoms with Gasteiger partial charge in [0.2, 0.25) is 10.0 Å². The summed E-state index contributed by atoms with van der Waals surface area (Å²) in [6, 6.07) is -0.00393. The zero-order chi connectivity index (χ0) is 12.3. The first-order chi connectivity index (χ1) is 7.36. The Kier molecular flexibility index (Phi) is 4.15. The maximum atomic E-state index is 11.4. The van der Waals surface area contributed by atoms with Gasteiger partial charge >= 0.3 is 6.03 Å². The van der Waals surface area contributed by atoms with Gasteiger partial charge in [0.25, 0.3) is 0 Å². The van der Waals surface area contributed by atoms with Crippen molar-refractivity contribution in [1.29, 1.82) is 0 Å². The predicted molar refractivity (Wildman–Crippen MR) is 61.7 cm³/mol. The molecule has 0 atom stereocenters. The Hall–Kier alpha value is -0.820. The quantitative estimate of drug-likeness (QED) is 0.729. The van der Waals surface area contributed by atoms with Crippen LogP contribution in [0.5, 0.6) is 0 Å². The minimum Gasteiger partial charge on any atom is -0.341 e. The summed E-state index contributed by atoms with van der Waals surface area (Å²) in [4.78, 5) is 13.0.